The summed E-state index contributed by atoms with van der Waals surface area (Å²) in [4.78, 5) is 2.32. The molecule has 0 unspecified atom stereocenters. The van der Waals surface area contributed by atoms with Crippen molar-refractivity contribution in [3.05, 3.63) is 90.0 Å². The predicted molar refractivity (Wildman–Crippen MR) is 99.9 cm³/mol. The highest BCUT2D eigenvalue weighted by molar-refractivity contribution is 5.76. The van der Waals surface area contributed by atoms with Gasteiger partial charge < -0.3 is 4.90 Å². The maximum absolute atomic E-state index is 2.33. The molecule has 0 fully saturated rings. The van der Waals surface area contributed by atoms with Crippen LogP contribution in [0.2, 0.25) is 0 Å². The lowest BCUT2D eigenvalue weighted by Crippen LogP contribution is -2.10. The molecule has 0 saturated heterocycles. The summed E-state index contributed by atoms with van der Waals surface area (Å²) in [5.41, 5.74) is 6.39. The topological polar surface area (TPSA) is 3.24 Å². The lowest BCUT2D eigenvalue weighted by atomic mass is 10.0. The zero-order valence-electron chi connectivity index (χ0n) is 13.9. The third-order valence-corrected chi connectivity index (χ3v) is 4.14. The predicted octanol–water partition coefficient (Wildman–Crippen LogP) is 6.42. The SMILES string of the molecule is CCCc1cc(N(c2ccccc2)c2ccccc2)ccc1C. The molecule has 0 bridgehead atoms. The van der Waals surface area contributed by atoms with Crippen LogP contribution in [0.25, 0.3) is 0 Å². The lowest BCUT2D eigenvalue weighted by molar-refractivity contribution is 0.912. The summed E-state index contributed by atoms with van der Waals surface area (Å²) in [6.07, 6.45) is 2.29. The molecule has 3 aromatic rings. The molecule has 3 aromatic carbocycles. The molecule has 3 rings (SSSR count). The fourth-order valence-electron chi connectivity index (χ4n) is 2.94. The van der Waals surface area contributed by atoms with Crippen molar-refractivity contribution < 1.29 is 0 Å². The number of benzene rings is 3. The Morgan fingerprint density at radius 1 is 0.696 bits per heavy atom. The monoisotopic (exact) mass is 301 g/mol. The molecule has 0 heterocycles. The Labute approximate surface area is 139 Å². The van der Waals surface area contributed by atoms with Crippen molar-refractivity contribution in [2.75, 3.05) is 4.90 Å². The molecule has 1 heteroatoms. The molecule has 0 aliphatic rings. The Hall–Kier alpha value is -2.54. The van der Waals surface area contributed by atoms with Crippen LogP contribution in [0.4, 0.5) is 17.1 Å². The smallest absolute Gasteiger partial charge is 0.0464 e. The number of aryl methyl sites for hydroxylation is 2. The van der Waals surface area contributed by atoms with Crippen LogP contribution >= 0.6 is 0 Å². The van der Waals surface area contributed by atoms with E-state index in [2.05, 4.69) is 97.6 Å². The summed E-state index contributed by atoms with van der Waals surface area (Å²) in [6.45, 7) is 4.43. The highest BCUT2D eigenvalue weighted by atomic mass is 15.1. The van der Waals surface area contributed by atoms with E-state index in [-0.39, 0.29) is 0 Å². The van der Waals surface area contributed by atoms with E-state index in [1.54, 1.807) is 0 Å². The summed E-state index contributed by atoms with van der Waals surface area (Å²) in [5.74, 6) is 0. The molecule has 0 radical (unpaired) electrons. The molecular weight excluding hydrogens is 278 g/mol. The Kier molecular flexibility index (Phi) is 4.77. The first-order valence-corrected chi connectivity index (χ1v) is 8.29. The van der Waals surface area contributed by atoms with Crippen LogP contribution in [0.15, 0.2) is 78.9 Å². The molecule has 116 valence electrons. The first-order valence-electron chi connectivity index (χ1n) is 8.29. The van der Waals surface area contributed by atoms with Gasteiger partial charge >= 0.3 is 0 Å². The van der Waals surface area contributed by atoms with Crippen LogP contribution in [-0.2, 0) is 6.42 Å². The first kappa shape index (κ1) is 15.4. The maximum Gasteiger partial charge on any atom is 0.0464 e. The Bertz CT molecular complexity index is 708. The van der Waals surface area contributed by atoms with E-state index in [4.69, 9.17) is 0 Å². The van der Waals surface area contributed by atoms with Crippen molar-refractivity contribution >= 4 is 17.1 Å². The molecule has 1 nitrogen and oxygen atoms in total. The lowest BCUT2D eigenvalue weighted by Gasteiger charge is -2.26. The van der Waals surface area contributed by atoms with Gasteiger partial charge in [-0.25, -0.2) is 0 Å². The highest BCUT2D eigenvalue weighted by Crippen LogP contribution is 2.35. The maximum atomic E-state index is 2.33. The second-order valence-electron chi connectivity index (χ2n) is 5.87. The standard InChI is InChI=1S/C22H23N/c1-3-10-19-17-22(16-15-18(19)2)23(20-11-6-4-7-12-20)21-13-8-5-9-14-21/h4-9,11-17H,3,10H2,1-2H3. The van der Waals surface area contributed by atoms with Gasteiger partial charge in [0, 0.05) is 17.1 Å². The zero-order chi connectivity index (χ0) is 16.1. The molecular formula is C22H23N. The molecule has 0 N–H and O–H groups in total. The summed E-state index contributed by atoms with van der Waals surface area (Å²) < 4.78 is 0. The Balaban J connectivity index is 2.11. The molecule has 0 aromatic heterocycles. The normalized spacial score (nSPS) is 10.5. The van der Waals surface area contributed by atoms with Gasteiger partial charge in [0.1, 0.15) is 0 Å². The van der Waals surface area contributed by atoms with Crippen LogP contribution in [-0.4, -0.2) is 0 Å². The van der Waals surface area contributed by atoms with Crippen molar-refractivity contribution in [1.82, 2.24) is 0 Å². The molecule has 0 aliphatic heterocycles. The summed E-state index contributed by atoms with van der Waals surface area (Å²) >= 11 is 0. The Morgan fingerprint density at radius 3 is 1.78 bits per heavy atom. The van der Waals surface area contributed by atoms with Crippen LogP contribution < -0.4 is 4.90 Å². The fourth-order valence-corrected chi connectivity index (χ4v) is 2.94. The van der Waals surface area contributed by atoms with Crippen molar-refractivity contribution in [2.45, 2.75) is 26.7 Å². The van der Waals surface area contributed by atoms with Gasteiger partial charge in [0.2, 0.25) is 0 Å². The molecule has 0 amide bonds. The van der Waals surface area contributed by atoms with Crippen molar-refractivity contribution in [3.8, 4) is 0 Å². The summed E-state index contributed by atoms with van der Waals surface area (Å²) in [7, 11) is 0. The average Bonchev–Trinajstić information content (AvgIpc) is 2.60. The quantitative estimate of drug-likeness (QED) is 0.525. The van der Waals surface area contributed by atoms with E-state index < -0.39 is 0 Å². The fraction of sp³-hybridized carbons (Fsp3) is 0.182. The molecule has 0 aliphatic carbocycles. The highest BCUT2D eigenvalue weighted by Gasteiger charge is 2.12. The van der Waals surface area contributed by atoms with Crippen LogP contribution in [0, 0.1) is 6.92 Å². The number of rotatable bonds is 5. The van der Waals surface area contributed by atoms with E-state index in [0.717, 1.165) is 6.42 Å². The van der Waals surface area contributed by atoms with Crippen molar-refractivity contribution in [1.29, 1.82) is 0 Å². The van der Waals surface area contributed by atoms with E-state index in [0.29, 0.717) is 0 Å². The number of hydrogen-bond acceptors (Lipinski definition) is 1. The van der Waals surface area contributed by atoms with E-state index in [9.17, 15) is 0 Å². The third-order valence-electron chi connectivity index (χ3n) is 4.14. The second kappa shape index (κ2) is 7.15. The zero-order valence-corrected chi connectivity index (χ0v) is 13.9. The molecule has 0 saturated carbocycles. The molecule has 23 heavy (non-hydrogen) atoms. The summed E-state index contributed by atoms with van der Waals surface area (Å²) in [6, 6.07) is 27.9. The van der Waals surface area contributed by atoms with Gasteiger partial charge in [-0.1, -0.05) is 55.8 Å². The number of hydrogen-bond donors (Lipinski definition) is 0. The van der Waals surface area contributed by atoms with Gasteiger partial charge in [-0.2, -0.15) is 0 Å². The van der Waals surface area contributed by atoms with Gasteiger partial charge in [0.05, 0.1) is 0 Å². The molecule has 0 atom stereocenters. The summed E-state index contributed by atoms with van der Waals surface area (Å²) in [5, 5.41) is 0. The van der Waals surface area contributed by atoms with Gasteiger partial charge in [-0.3, -0.25) is 0 Å². The van der Waals surface area contributed by atoms with E-state index >= 15 is 0 Å². The minimum atomic E-state index is 1.12. The van der Waals surface area contributed by atoms with Gasteiger partial charge in [0.15, 0.2) is 0 Å². The number of nitrogens with zero attached hydrogens (tertiary/aromatic N) is 1. The Morgan fingerprint density at radius 2 is 1.26 bits per heavy atom. The van der Waals surface area contributed by atoms with Gasteiger partial charge in [0.25, 0.3) is 0 Å². The number of para-hydroxylation sites is 2. The minimum absolute atomic E-state index is 1.12. The first-order chi connectivity index (χ1) is 11.3. The van der Waals surface area contributed by atoms with Gasteiger partial charge in [-0.05, 0) is 60.9 Å². The van der Waals surface area contributed by atoms with Crippen molar-refractivity contribution in [2.24, 2.45) is 0 Å². The second-order valence-corrected chi connectivity index (χ2v) is 5.87. The third kappa shape index (κ3) is 3.45. The van der Waals surface area contributed by atoms with Crippen molar-refractivity contribution in [3.63, 3.8) is 0 Å². The molecule has 0 spiro atoms. The minimum Gasteiger partial charge on any atom is -0.310 e. The van der Waals surface area contributed by atoms with Crippen LogP contribution in [0.3, 0.4) is 0 Å². The van der Waals surface area contributed by atoms with Gasteiger partial charge in [-0.15, -0.1) is 0 Å². The number of anilines is 3. The van der Waals surface area contributed by atoms with Crippen LogP contribution in [0.5, 0.6) is 0 Å². The average molecular weight is 301 g/mol. The van der Waals surface area contributed by atoms with E-state index in [1.165, 1.54) is 34.6 Å². The van der Waals surface area contributed by atoms with Crippen LogP contribution in [0.1, 0.15) is 24.5 Å². The van der Waals surface area contributed by atoms with E-state index in [1.807, 2.05) is 0 Å². The largest absolute Gasteiger partial charge is 0.310 e.